The van der Waals surface area contributed by atoms with Crippen molar-refractivity contribution in [2.75, 3.05) is 0 Å². The Kier molecular flexibility index (Phi) is 6.05. The van der Waals surface area contributed by atoms with Crippen molar-refractivity contribution in [2.24, 2.45) is 5.14 Å². The van der Waals surface area contributed by atoms with Gasteiger partial charge in [0.25, 0.3) is 5.91 Å². The zero-order valence-corrected chi connectivity index (χ0v) is 15.4. The minimum absolute atomic E-state index is 0.0255. The molecule has 3 N–H and O–H groups in total. The molecule has 1 amide bonds. The summed E-state index contributed by atoms with van der Waals surface area (Å²) in [6.45, 7) is 3.74. The molecule has 0 aromatic heterocycles. The van der Waals surface area contributed by atoms with Gasteiger partial charge in [0.05, 0.1) is 4.90 Å². The van der Waals surface area contributed by atoms with Gasteiger partial charge in [0.15, 0.2) is 6.10 Å². The zero-order valence-electron chi connectivity index (χ0n) is 13.8. The van der Waals surface area contributed by atoms with Gasteiger partial charge >= 0.3 is 0 Å². The minimum atomic E-state index is -3.72. The molecular weight excluding hydrogens is 364 g/mol. The number of benzene rings is 2. The van der Waals surface area contributed by atoms with E-state index in [1.807, 2.05) is 6.92 Å². The maximum Gasteiger partial charge on any atom is 0.261 e. The number of aryl methyl sites for hydroxylation is 1. The quantitative estimate of drug-likeness (QED) is 0.801. The topological polar surface area (TPSA) is 98.5 Å². The van der Waals surface area contributed by atoms with Gasteiger partial charge in [-0.15, -0.1) is 0 Å². The molecule has 2 aromatic carbocycles. The first-order valence-corrected chi connectivity index (χ1v) is 9.41. The van der Waals surface area contributed by atoms with Crippen molar-refractivity contribution in [3.63, 3.8) is 0 Å². The lowest BCUT2D eigenvalue weighted by Gasteiger charge is -2.16. The van der Waals surface area contributed by atoms with Crippen molar-refractivity contribution >= 4 is 27.5 Å². The molecular formula is C17H19ClN2O4S. The fourth-order valence-corrected chi connectivity index (χ4v) is 2.86. The van der Waals surface area contributed by atoms with Crippen LogP contribution in [0.25, 0.3) is 0 Å². The summed E-state index contributed by atoms with van der Waals surface area (Å²) in [4.78, 5) is 12.2. The summed E-state index contributed by atoms with van der Waals surface area (Å²) in [6.07, 6.45) is -0.691. The molecule has 0 aliphatic heterocycles. The van der Waals surface area contributed by atoms with Crippen molar-refractivity contribution in [1.29, 1.82) is 0 Å². The number of sulfonamides is 1. The third-order valence-corrected chi connectivity index (χ3v) is 4.69. The maximum absolute atomic E-state index is 12.1. The van der Waals surface area contributed by atoms with Gasteiger partial charge in [-0.1, -0.05) is 23.7 Å². The molecule has 2 aromatic rings. The number of carbonyl (C=O) groups is 1. The highest BCUT2D eigenvalue weighted by atomic mass is 35.5. The fourth-order valence-electron chi connectivity index (χ4n) is 2.12. The predicted octanol–water partition coefficient (Wildman–Crippen LogP) is 2.38. The molecule has 0 bridgehead atoms. The Hall–Kier alpha value is -2.09. The monoisotopic (exact) mass is 382 g/mol. The normalized spacial score (nSPS) is 12.5. The van der Waals surface area contributed by atoms with Crippen molar-refractivity contribution in [1.82, 2.24) is 5.32 Å². The molecule has 0 saturated heterocycles. The van der Waals surface area contributed by atoms with Crippen LogP contribution in [0.4, 0.5) is 0 Å². The van der Waals surface area contributed by atoms with Crippen molar-refractivity contribution in [2.45, 2.75) is 31.4 Å². The Morgan fingerprint density at radius 3 is 2.44 bits per heavy atom. The zero-order chi connectivity index (χ0) is 18.6. The van der Waals surface area contributed by atoms with E-state index in [0.29, 0.717) is 10.8 Å². The molecule has 0 fully saturated rings. The highest BCUT2D eigenvalue weighted by Crippen LogP contribution is 2.22. The van der Waals surface area contributed by atoms with E-state index in [2.05, 4.69) is 5.32 Å². The van der Waals surface area contributed by atoms with Crippen LogP contribution in [0.5, 0.6) is 5.75 Å². The van der Waals surface area contributed by atoms with E-state index >= 15 is 0 Å². The Morgan fingerprint density at radius 1 is 1.24 bits per heavy atom. The lowest BCUT2D eigenvalue weighted by Crippen LogP contribution is -2.36. The number of rotatable bonds is 6. The summed E-state index contributed by atoms with van der Waals surface area (Å²) >= 11 is 5.89. The van der Waals surface area contributed by atoms with Crippen molar-refractivity contribution in [3.8, 4) is 5.75 Å². The number of halogens is 1. The molecule has 0 saturated carbocycles. The SMILES string of the molecule is Cc1cc(Cl)ccc1O[C@@H](C)C(=O)NCc1ccc(S(N)(=O)=O)cc1. The molecule has 0 heterocycles. The number of amides is 1. The van der Waals surface area contributed by atoms with E-state index in [9.17, 15) is 13.2 Å². The number of nitrogens with two attached hydrogens (primary N) is 1. The Morgan fingerprint density at radius 2 is 1.88 bits per heavy atom. The number of primary sulfonamides is 1. The summed E-state index contributed by atoms with van der Waals surface area (Å²) in [5.74, 6) is 0.300. The Balaban J connectivity index is 1.93. The molecule has 6 nitrogen and oxygen atoms in total. The number of nitrogens with one attached hydrogen (secondary N) is 1. The van der Waals surface area contributed by atoms with E-state index in [-0.39, 0.29) is 17.3 Å². The smallest absolute Gasteiger partial charge is 0.261 e. The van der Waals surface area contributed by atoms with Gasteiger partial charge in [0.2, 0.25) is 10.0 Å². The summed E-state index contributed by atoms with van der Waals surface area (Å²) < 4.78 is 28.1. The standard InChI is InChI=1S/C17H19ClN2O4S/c1-11-9-14(18)5-8-16(11)24-12(2)17(21)20-10-13-3-6-15(7-4-13)25(19,22)23/h3-9,12H,10H2,1-2H3,(H,20,21)(H2,19,22,23)/t12-/m0/s1. The van der Waals surface area contributed by atoms with Crippen molar-refractivity contribution in [3.05, 3.63) is 58.6 Å². The lowest BCUT2D eigenvalue weighted by molar-refractivity contribution is -0.127. The second-order valence-corrected chi connectivity index (χ2v) is 7.57. The molecule has 1 atom stereocenters. The van der Waals surface area contributed by atoms with Crippen LogP contribution in [-0.4, -0.2) is 20.4 Å². The average Bonchev–Trinajstić information content (AvgIpc) is 2.54. The summed E-state index contributed by atoms with van der Waals surface area (Å²) in [5, 5.41) is 8.38. The molecule has 0 spiro atoms. The largest absolute Gasteiger partial charge is 0.481 e. The van der Waals surface area contributed by atoms with E-state index in [0.717, 1.165) is 11.1 Å². The van der Waals surface area contributed by atoms with E-state index in [4.69, 9.17) is 21.5 Å². The maximum atomic E-state index is 12.1. The molecule has 2 rings (SSSR count). The minimum Gasteiger partial charge on any atom is -0.481 e. The lowest BCUT2D eigenvalue weighted by atomic mass is 10.2. The molecule has 0 radical (unpaired) electrons. The van der Waals surface area contributed by atoms with E-state index in [1.54, 1.807) is 37.3 Å². The third-order valence-electron chi connectivity index (χ3n) is 3.53. The predicted molar refractivity (Wildman–Crippen MR) is 95.9 cm³/mol. The van der Waals surface area contributed by atoms with Crippen LogP contribution in [0.1, 0.15) is 18.1 Å². The highest BCUT2D eigenvalue weighted by Gasteiger charge is 2.15. The summed E-state index contributed by atoms with van der Waals surface area (Å²) in [7, 11) is -3.72. The van der Waals surface area contributed by atoms with Gasteiger partial charge in [0.1, 0.15) is 5.75 Å². The number of hydrogen-bond acceptors (Lipinski definition) is 4. The van der Waals surface area contributed by atoms with Gasteiger partial charge in [-0.2, -0.15) is 0 Å². The molecule has 8 heteroatoms. The van der Waals surface area contributed by atoms with Crippen LogP contribution in [0.15, 0.2) is 47.4 Å². The van der Waals surface area contributed by atoms with Gasteiger partial charge in [-0.3, -0.25) is 4.79 Å². The van der Waals surface area contributed by atoms with Crippen LogP contribution in [0.3, 0.4) is 0 Å². The second kappa shape index (κ2) is 7.86. The highest BCUT2D eigenvalue weighted by molar-refractivity contribution is 7.89. The Bertz CT molecular complexity index is 867. The number of ether oxygens (including phenoxy) is 1. The van der Waals surface area contributed by atoms with E-state index < -0.39 is 16.1 Å². The van der Waals surface area contributed by atoms with Gasteiger partial charge in [-0.25, -0.2) is 13.6 Å². The van der Waals surface area contributed by atoms with Crippen LogP contribution >= 0.6 is 11.6 Å². The third kappa shape index (κ3) is 5.45. The van der Waals surface area contributed by atoms with Crippen molar-refractivity contribution < 1.29 is 17.9 Å². The van der Waals surface area contributed by atoms with Crippen LogP contribution in [0.2, 0.25) is 5.02 Å². The second-order valence-electron chi connectivity index (χ2n) is 5.58. The molecule has 134 valence electrons. The van der Waals surface area contributed by atoms with Crippen LogP contribution in [0, 0.1) is 6.92 Å². The summed E-state index contributed by atoms with van der Waals surface area (Å²) in [6, 6.07) is 11.1. The average molecular weight is 383 g/mol. The fraction of sp³-hybridized carbons (Fsp3) is 0.235. The van der Waals surface area contributed by atoms with E-state index in [1.165, 1.54) is 12.1 Å². The van der Waals surface area contributed by atoms with Gasteiger partial charge < -0.3 is 10.1 Å². The number of hydrogen-bond donors (Lipinski definition) is 2. The number of carbonyl (C=O) groups excluding carboxylic acids is 1. The summed E-state index contributed by atoms with van der Waals surface area (Å²) in [5.41, 5.74) is 1.58. The molecule has 25 heavy (non-hydrogen) atoms. The molecule has 0 unspecified atom stereocenters. The molecule has 0 aliphatic carbocycles. The Labute approximate surface area is 152 Å². The van der Waals surface area contributed by atoms with Crippen LogP contribution in [-0.2, 0) is 21.4 Å². The molecule has 0 aliphatic rings. The first-order chi connectivity index (χ1) is 11.7. The van der Waals surface area contributed by atoms with Gasteiger partial charge in [-0.05, 0) is 55.3 Å². The first kappa shape index (κ1) is 19.2. The first-order valence-electron chi connectivity index (χ1n) is 7.49. The van der Waals surface area contributed by atoms with Crippen LogP contribution < -0.4 is 15.2 Å². The van der Waals surface area contributed by atoms with Gasteiger partial charge in [0, 0.05) is 11.6 Å².